The number of hydrogen-bond donors (Lipinski definition) is 4. The number of hydrogen-bond acceptors (Lipinski definition) is 1. The fourth-order valence-electron chi connectivity index (χ4n) is 0.255. The Morgan fingerprint density at radius 2 is 1.70 bits per heavy atom. The van der Waals surface area contributed by atoms with Gasteiger partial charge in [0.25, 0.3) is 0 Å². The second-order valence-corrected chi connectivity index (χ2v) is 1.29. The second kappa shape index (κ2) is 3.28. The smallest absolute Gasteiger partial charge is 0.434 e. The molecule has 0 atom stereocenters. The molecule has 1 amide bonds. The highest BCUT2D eigenvalue weighted by Crippen LogP contribution is 1.73. The maximum absolute atomic E-state index is 9.77. The van der Waals surface area contributed by atoms with E-state index in [9.17, 15) is 4.79 Å². The lowest BCUT2D eigenvalue weighted by Crippen LogP contribution is -2.26. The van der Waals surface area contributed by atoms with Gasteiger partial charge in [0.15, 0.2) is 5.96 Å². The molecule has 0 aliphatic rings. The van der Waals surface area contributed by atoms with E-state index in [2.05, 4.69) is 9.98 Å². The molecule has 0 radical (unpaired) electrons. The van der Waals surface area contributed by atoms with Crippen LogP contribution in [0.2, 0.25) is 0 Å². The van der Waals surface area contributed by atoms with Gasteiger partial charge in [0.05, 0.1) is 0 Å². The highest BCUT2D eigenvalue weighted by molar-refractivity contribution is 5.96. The Labute approximate surface area is 56.2 Å². The number of nitrogens with two attached hydrogens (primary N) is 3. The molecule has 7 heteroatoms. The molecule has 0 fully saturated rings. The van der Waals surface area contributed by atoms with E-state index in [1.165, 1.54) is 0 Å². The van der Waals surface area contributed by atoms with Crippen LogP contribution in [0.1, 0.15) is 0 Å². The van der Waals surface area contributed by atoms with Gasteiger partial charge in [0.1, 0.15) is 0 Å². The molecule has 7 N–H and O–H groups in total. The van der Waals surface area contributed by atoms with E-state index in [4.69, 9.17) is 22.3 Å². The number of nitrogens with zero attached hydrogens (tertiary/aromatic N) is 2. The van der Waals surface area contributed by atoms with Crippen molar-refractivity contribution in [1.82, 2.24) is 0 Å². The summed E-state index contributed by atoms with van der Waals surface area (Å²) in [6.07, 6.45) is -1.44. The molecule has 0 saturated carbocycles. The fraction of sp³-hybridized carbons (Fsp3) is 0. The topological polar surface area (TPSA) is 140 Å². The molecule has 0 unspecified atom stereocenters. The van der Waals surface area contributed by atoms with Crippen LogP contribution in [0.5, 0.6) is 0 Å². The SMILES string of the molecule is NC(N)=N/C(N)=N/C(=O)O. The van der Waals surface area contributed by atoms with Gasteiger partial charge >= 0.3 is 6.09 Å². The minimum atomic E-state index is -1.44. The number of rotatable bonds is 0. The molecular weight excluding hydrogens is 138 g/mol. The molecule has 0 heterocycles. The highest BCUT2D eigenvalue weighted by atomic mass is 16.4. The maximum Gasteiger partial charge on any atom is 0.434 e. The third-order valence-corrected chi connectivity index (χ3v) is 0.454. The predicted octanol–water partition coefficient (Wildman–Crippen LogP) is -1.75. The zero-order chi connectivity index (χ0) is 8.15. The van der Waals surface area contributed by atoms with E-state index in [0.717, 1.165) is 0 Å². The van der Waals surface area contributed by atoms with Crippen molar-refractivity contribution < 1.29 is 9.90 Å². The van der Waals surface area contributed by atoms with Crippen molar-refractivity contribution in [2.45, 2.75) is 0 Å². The van der Waals surface area contributed by atoms with E-state index >= 15 is 0 Å². The quantitative estimate of drug-likeness (QED) is 0.236. The van der Waals surface area contributed by atoms with Gasteiger partial charge in [-0.2, -0.15) is 4.99 Å². The third-order valence-electron chi connectivity index (χ3n) is 0.454. The summed E-state index contributed by atoms with van der Waals surface area (Å²) >= 11 is 0. The number of amides is 1. The van der Waals surface area contributed by atoms with Gasteiger partial charge in [0.2, 0.25) is 5.96 Å². The predicted molar refractivity (Wildman–Crippen MR) is 35.5 cm³/mol. The van der Waals surface area contributed by atoms with E-state index < -0.39 is 12.1 Å². The summed E-state index contributed by atoms with van der Waals surface area (Å²) < 4.78 is 0. The Bertz CT molecular complexity index is 191. The van der Waals surface area contributed by atoms with Crippen molar-refractivity contribution in [3.05, 3.63) is 0 Å². The van der Waals surface area contributed by atoms with Crippen LogP contribution in [0, 0.1) is 0 Å². The molecule has 0 rings (SSSR count). The van der Waals surface area contributed by atoms with Crippen LogP contribution in [0.4, 0.5) is 4.79 Å². The molecule has 0 aliphatic carbocycles. The van der Waals surface area contributed by atoms with Gasteiger partial charge in [-0.1, -0.05) is 0 Å². The molecule has 0 bridgehead atoms. The van der Waals surface area contributed by atoms with Crippen molar-refractivity contribution in [2.24, 2.45) is 27.2 Å². The minimum Gasteiger partial charge on any atom is -0.463 e. The number of carboxylic acid groups (broad SMARTS) is 1. The normalized spacial score (nSPS) is 10.6. The first-order valence-electron chi connectivity index (χ1n) is 2.19. The van der Waals surface area contributed by atoms with Crippen molar-refractivity contribution in [2.75, 3.05) is 0 Å². The largest absolute Gasteiger partial charge is 0.463 e. The Kier molecular flexibility index (Phi) is 2.69. The second-order valence-electron chi connectivity index (χ2n) is 1.29. The van der Waals surface area contributed by atoms with E-state index in [1.54, 1.807) is 0 Å². The molecule has 0 aromatic rings. The van der Waals surface area contributed by atoms with Crippen molar-refractivity contribution in [3.63, 3.8) is 0 Å². The van der Waals surface area contributed by atoms with Crippen molar-refractivity contribution in [3.8, 4) is 0 Å². The first-order valence-corrected chi connectivity index (χ1v) is 2.19. The van der Waals surface area contributed by atoms with E-state index in [1.807, 2.05) is 0 Å². The van der Waals surface area contributed by atoms with Crippen LogP contribution in [0.25, 0.3) is 0 Å². The standard InChI is InChI=1S/C3H7N5O2/c4-1(5)7-2(6)8-3(9)10/h(H,9,10)(H6,4,5,6,7,8). The maximum atomic E-state index is 9.77. The summed E-state index contributed by atoms with van der Waals surface area (Å²) in [5.41, 5.74) is 14.6. The third kappa shape index (κ3) is 4.37. The summed E-state index contributed by atoms with van der Waals surface area (Å²) in [7, 11) is 0. The summed E-state index contributed by atoms with van der Waals surface area (Å²) in [6.45, 7) is 0. The van der Waals surface area contributed by atoms with Crippen molar-refractivity contribution >= 4 is 18.0 Å². The molecule has 7 nitrogen and oxygen atoms in total. The van der Waals surface area contributed by atoms with Crippen LogP contribution in [-0.4, -0.2) is 23.1 Å². The molecule has 0 saturated heterocycles. The van der Waals surface area contributed by atoms with Gasteiger partial charge in [-0.05, 0) is 0 Å². The molecule has 0 spiro atoms. The fourth-order valence-corrected chi connectivity index (χ4v) is 0.255. The summed E-state index contributed by atoms with van der Waals surface area (Å²) in [6, 6.07) is 0. The first-order chi connectivity index (χ1) is 4.52. The number of aliphatic imine (C=N–C) groups is 2. The zero-order valence-electron chi connectivity index (χ0n) is 4.98. The minimum absolute atomic E-state index is 0.331. The molecule has 0 aliphatic heterocycles. The summed E-state index contributed by atoms with van der Waals surface area (Å²) in [4.78, 5) is 15.7. The van der Waals surface area contributed by atoms with Crippen LogP contribution in [0.3, 0.4) is 0 Å². The lowest BCUT2D eigenvalue weighted by molar-refractivity contribution is 0.205. The van der Waals surface area contributed by atoms with Gasteiger partial charge in [0, 0.05) is 0 Å². The monoisotopic (exact) mass is 145 g/mol. The van der Waals surface area contributed by atoms with Crippen LogP contribution in [-0.2, 0) is 0 Å². The Morgan fingerprint density at radius 3 is 2.00 bits per heavy atom. The molecule has 10 heavy (non-hydrogen) atoms. The zero-order valence-corrected chi connectivity index (χ0v) is 4.98. The number of guanidine groups is 2. The Balaban J connectivity index is 4.22. The molecule has 0 aromatic heterocycles. The van der Waals surface area contributed by atoms with E-state index in [-0.39, 0.29) is 5.96 Å². The number of carbonyl (C=O) groups is 1. The van der Waals surface area contributed by atoms with Crippen LogP contribution >= 0.6 is 0 Å². The van der Waals surface area contributed by atoms with Gasteiger partial charge < -0.3 is 22.3 Å². The van der Waals surface area contributed by atoms with Gasteiger partial charge in [-0.15, -0.1) is 4.99 Å². The first kappa shape index (κ1) is 8.21. The van der Waals surface area contributed by atoms with Gasteiger partial charge in [-0.25, -0.2) is 4.79 Å². The van der Waals surface area contributed by atoms with Crippen LogP contribution < -0.4 is 17.2 Å². The van der Waals surface area contributed by atoms with Crippen LogP contribution in [0.15, 0.2) is 9.98 Å². The lowest BCUT2D eigenvalue weighted by Gasteiger charge is -1.89. The molecular formula is C3H7N5O2. The molecule has 0 aromatic carbocycles. The Hall–Kier alpha value is -1.79. The van der Waals surface area contributed by atoms with Crippen molar-refractivity contribution in [1.29, 1.82) is 0 Å². The highest BCUT2D eigenvalue weighted by Gasteiger charge is 1.92. The van der Waals surface area contributed by atoms with Gasteiger partial charge in [-0.3, -0.25) is 0 Å². The lowest BCUT2D eigenvalue weighted by atomic mass is 10.9. The average Bonchev–Trinajstić information content (AvgIpc) is 1.58. The summed E-state index contributed by atoms with van der Waals surface area (Å²) in [5, 5.41) is 7.98. The molecule has 56 valence electrons. The Morgan fingerprint density at radius 1 is 1.20 bits per heavy atom. The average molecular weight is 145 g/mol. The summed E-state index contributed by atoms with van der Waals surface area (Å²) in [5.74, 6) is -0.810. The van der Waals surface area contributed by atoms with E-state index in [0.29, 0.717) is 0 Å².